The average Bonchev–Trinajstić information content (AvgIpc) is 2.87. The molecule has 114 valence electrons. The molecule has 0 aliphatic carbocycles. The number of carbonyl (C=O) groups excluding carboxylic acids is 1. The van der Waals surface area contributed by atoms with E-state index in [2.05, 4.69) is 0 Å². The van der Waals surface area contributed by atoms with Crippen LogP contribution in [0.4, 0.5) is 13.2 Å². The van der Waals surface area contributed by atoms with Crippen molar-refractivity contribution in [3.63, 3.8) is 0 Å². The molecule has 1 fully saturated rings. The van der Waals surface area contributed by atoms with Gasteiger partial charge in [0.05, 0.1) is 12.0 Å². The van der Waals surface area contributed by atoms with Crippen LogP contribution in [0.25, 0.3) is 0 Å². The van der Waals surface area contributed by atoms with Crippen molar-refractivity contribution in [1.29, 1.82) is 0 Å². The second kappa shape index (κ2) is 5.75. The molecule has 0 aromatic heterocycles. The Bertz CT molecular complexity index is 539. The quantitative estimate of drug-likeness (QED) is 0.932. The van der Waals surface area contributed by atoms with Crippen molar-refractivity contribution >= 4 is 11.9 Å². The molecule has 1 heterocycles. The van der Waals surface area contributed by atoms with Gasteiger partial charge in [0.1, 0.15) is 6.04 Å². The van der Waals surface area contributed by atoms with Gasteiger partial charge >= 0.3 is 12.1 Å². The fourth-order valence-corrected chi connectivity index (χ4v) is 2.41. The van der Waals surface area contributed by atoms with Crippen LogP contribution in [0.1, 0.15) is 24.0 Å². The SMILES string of the molecule is O=C(O)[C@H]1CCCN1C(=O)Cc1ccc(C(F)(F)F)cc1. The van der Waals surface area contributed by atoms with Gasteiger partial charge in [-0.3, -0.25) is 4.79 Å². The van der Waals surface area contributed by atoms with Gasteiger partial charge in [-0.2, -0.15) is 13.2 Å². The molecular weight excluding hydrogens is 287 g/mol. The monoisotopic (exact) mass is 301 g/mol. The van der Waals surface area contributed by atoms with Crippen molar-refractivity contribution < 1.29 is 27.9 Å². The normalized spacial score (nSPS) is 18.8. The van der Waals surface area contributed by atoms with E-state index in [4.69, 9.17) is 5.11 Å². The molecule has 1 saturated heterocycles. The summed E-state index contributed by atoms with van der Waals surface area (Å²) in [6.07, 6.45) is -3.47. The highest BCUT2D eigenvalue weighted by Crippen LogP contribution is 2.29. The average molecular weight is 301 g/mol. The minimum absolute atomic E-state index is 0.0953. The van der Waals surface area contributed by atoms with Gasteiger partial charge in [-0.05, 0) is 30.5 Å². The van der Waals surface area contributed by atoms with E-state index in [0.29, 0.717) is 24.9 Å². The second-order valence-electron chi connectivity index (χ2n) is 4.95. The number of aliphatic carboxylic acids is 1. The highest BCUT2D eigenvalue weighted by molar-refractivity contribution is 5.85. The third-order valence-corrected chi connectivity index (χ3v) is 3.49. The van der Waals surface area contributed by atoms with Gasteiger partial charge in [0.15, 0.2) is 0 Å². The summed E-state index contributed by atoms with van der Waals surface area (Å²) in [5.41, 5.74) is -0.340. The van der Waals surface area contributed by atoms with E-state index in [9.17, 15) is 22.8 Å². The number of hydrogen-bond acceptors (Lipinski definition) is 2. The number of hydrogen-bond donors (Lipinski definition) is 1. The van der Waals surface area contributed by atoms with E-state index in [1.54, 1.807) is 0 Å². The van der Waals surface area contributed by atoms with Crippen LogP contribution < -0.4 is 0 Å². The van der Waals surface area contributed by atoms with Crippen LogP contribution in [0.5, 0.6) is 0 Å². The molecule has 0 radical (unpaired) electrons. The standard InChI is InChI=1S/C14H14F3NO3/c15-14(16,17)10-5-3-9(4-6-10)8-12(19)18-7-1-2-11(18)13(20)21/h3-6,11H,1-2,7-8H2,(H,20,21)/t11-/m1/s1. The number of rotatable bonds is 3. The van der Waals surface area contributed by atoms with Gasteiger partial charge in [-0.1, -0.05) is 12.1 Å². The highest BCUT2D eigenvalue weighted by Gasteiger charge is 2.34. The van der Waals surface area contributed by atoms with E-state index >= 15 is 0 Å². The number of nitrogens with zero attached hydrogens (tertiary/aromatic N) is 1. The molecule has 0 saturated carbocycles. The molecule has 1 aromatic rings. The molecule has 2 rings (SSSR count). The Kier molecular flexibility index (Phi) is 4.20. The molecule has 21 heavy (non-hydrogen) atoms. The molecular formula is C14H14F3NO3. The molecule has 4 nitrogen and oxygen atoms in total. The van der Waals surface area contributed by atoms with Gasteiger partial charge in [-0.25, -0.2) is 4.79 Å². The molecule has 7 heteroatoms. The summed E-state index contributed by atoms with van der Waals surface area (Å²) in [5, 5.41) is 9.01. The van der Waals surface area contributed by atoms with Gasteiger partial charge in [0.25, 0.3) is 0 Å². The van der Waals surface area contributed by atoms with Crippen LogP contribution in [0.3, 0.4) is 0 Å². The summed E-state index contributed by atoms with van der Waals surface area (Å²) in [4.78, 5) is 24.3. The van der Waals surface area contributed by atoms with Crippen LogP contribution in [0.15, 0.2) is 24.3 Å². The van der Waals surface area contributed by atoms with Crippen molar-refractivity contribution in [3.05, 3.63) is 35.4 Å². The zero-order valence-electron chi connectivity index (χ0n) is 11.1. The Balaban J connectivity index is 2.04. The molecule has 1 aliphatic rings. The maximum absolute atomic E-state index is 12.4. The van der Waals surface area contributed by atoms with Gasteiger partial charge < -0.3 is 10.0 Å². The molecule has 1 aromatic carbocycles. The highest BCUT2D eigenvalue weighted by atomic mass is 19.4. The number of carboxylic acid groups (broad SMARTS) is 1. The number of amides is 1. The van der Waals surface area contributed by atoms with Crippen LogP contribution >= 0.6 is 0 Å². The second-order valence-corrected chi connectivity index (χ2v) is 4.95. The molecule has 0 bridgehead atoms. The number of carboxylic acids is 1. The van der Waals surface area contributed by atoms with Crippen molar-refractivity contribution in [2.75, 3.05) is 6.54 Å². The lowest BCUT2D eigenvalue weighted by molar-refractivity contribution is -0.148. The first kappa shape index (κ1) is 15.3. The topological polar surface area (TPSA) is 57.6 Å². The van der Waals surface area contributed by atoms with E-state index < -0.39 is 23.8 Å². The Morgan fingerprint density at radius 3 is 2.38 bits per heavy atom. The van der Waals surface area contributed by atoms with Gasteiger partial charge in [-0.15, -0.1) is 0 Å². The lowest BCUT2D eigenvalue weighted by Gasteiger charge is -2.21. The summed E-state index contributed by atoms with van der Waals surface area (Å²) in [6.45, 7) is 0.371. The summed E-state index contributed by atoms with van der Waals surface area (Å²) in [6, 6.07) is 3.49. The molecule has 0 spiro atoms. The van der Waals surface area contributed by atoms with Crippen molar-refractivity contribution in [2.24, 2.45) is 0 Å². The number of carbonyl (C=O) groups is 2. The Labute approximate surface area is 119 Å². The minimum atomic E-state index is -4.41. The number of benzene rings is 1. The Hall–Kier alpha value is -2.05. The zero-order valence-corrected chi connectivity index (χ0v) is 11.1. The smallest absolute Gasteiger partial charge is 0.416 e. The number of halogens is 3. The van der Waals surface area contributed by atoms with Gasteiger partial charge in [0, 0.05) is 6.54 Å². The summed E-state index contributed by atoms with van der Waals surface area (Å²) in [7, 11) is 0. The van der Waals surface area contributed by atoms with E-state index in [0.717, 1.165) is 12.1 Å². The molecule has 1 amide bonds. The van der Waals surface area contributed by atoms with E-state index in [1.807, 2.05) is 0 Å². The predicted octanol–water partition coefficient (Wildman–Crippen LogP) is 2.32. The largest absolute Gasteiger partial charge is 0.480 e. The lowest BCUT2D eigenvalue weighted by Crippen LogP contribution is -2.41. The maximum Gasteiger partial charge on any atom is 0.416 e. The lowest BCUT2D eigenvalue weighted by atomic mass is 10.1. The number of alkyl halides is 3. The molecule has 1 aliphatic heterocycles. The Morgan fingerprint density at radius 2 is 1.86 bits per heavy atom. The fraction of sp³-hybridized carbons (Fsp3) is 0.429. The first-order valence-corrected chi connectivity index (χ1v) is 6.47. The van der Waals surface area contributed by atoms with Crippen molar-refractivity contribution in [1.82, 2.24) is 4.90 Å². The predicted molar refractivity (Wildman–Crippen MR) is 67.5 cm³/mol. The molecule has 0 unspecified atom stereocenters. The van der Waals surface area contributed by atoms with Crippen LogP contribution in [-0.2, 0) is 22.2 Å². The molecule has 1 atom stereocenters. The van der Waals surface area contributed by atoms with E-state index in [-0.39, 0.29) is 12.3 Å². The Morgan fingerprint density at radius 1 is 1.24 bits per heavy atom. The third-order valence-electron chi connectivity index (χ3n) is 3.49. The first-order chi connectivity index (χ1) is 9.79. The van der Waals surface area contributed by atoms with E-state index in [1.165, 1.54) is 17.0 Å². The summed E-state index contributed by atoms with van der Waals surface area (Å²) < 4.78 is 37.3. The van der Waals surface area contributed by atoms with Gasteiger partial charge in [0.2, 0.25) is 5.91 Å². The fourth-order valence-electron chi connectivity index (χ4n) is 2.41. The van der Waals surface area contributed by atoms with Crippen LogP contribution in [-0.4, -0.2) is 34.5 Å². The van der Waals surface area contributed by atoms with Crippen molar-refractivity contribution in [2.45, 2.75) is 31.5 Å². The minimum Gasteiger partial charge on any atom is -0.480 e. The van der Waals surface area contributed by atoms with Crippen LogP contribution in [0.2, 0.25) is 0 Å². The first-order valence-electron chi connectivity index (χ1n) is 6.47. The number of likely N-dealkylation sites (tertiary alicyclic amines) is 1. The zero-order chi connectivity index (χ0) is 15.6. The third kappa shape index (κ3) is 3.53. The molecule has 1 N–H and O–H groups in total. The maximum atomic E-state index is 12.4. The summed E-state index contributed by atoms with van der Waals surface area (Å²) >= 11 is 0. The summed E-state index contributed by atoms with van der Waals surface area (Å²) in [5.74, 6) is -1.42. The van der Waals surface area contributed by atoms with Crippen molar-refractivity contribution in [3.8, 4) is 0 Å². The van der Waals surface area contributed by atoms with Crippen LogP contribution in [0, 0.1) is 0 Å².